The fraction of sp³-hybridized carbons (Fsp3) is 0.897. The molecule has 1 amide bonds. The van der Waals surface area contributed by atoms with Crippen molar-refractivity contribution in [2.75, 3.05) is 19.8 Å². The van der Waals surface area contributed by atoms with E-state index < -0.39 is 86.8 Å². The van der Waals surface area contributed by atoms with Gasteiger partial charge in [-0.3, -0.25) is 4.79 Å². The molecule has 14 heteroatoms. The first kappa shape index (κ1) is 76.3. The fourth-order valence-electron chi connectivity index (χ4n) is 11.4. The molecule has 2 rings (SSSR count). The van der Waals surface area contributed by atoms with E-state index in [1.54, 1.807) is 0 Å². The van der Waals surface area contributed by atoms with Crippen molar-refractivity contribution in [1.29, 1.82) is 0 Å². The first-order valence-corrected chi connectivity index (χ1v) is 34.2. The highest BCUT2D eigenvalue weighted by molar-refractivity contribution is 5.76. The van der Waals surface area contributed by atoms with E-state index in [1.807, 2.05) is 0 Å². The number of nitrogens with one attached hydrogen (secondary N) is 1. The van der Waals surface area contributed by atoms with Crippen molar-refractivity contribution in [3.8, 4) is 0 Å². The Balaban J connectivity index is 1.46. The number of carbonyl (C=O) groups is 1. The van der Waals surface area contributed by atoms with E-state index in [9.17, 15) is 45.6 Å². The molecule has 9 N–H and O–H groups in total. The SMILES string of the molecule is CCCCCCC/C=C\C/C=C\C/C=C\CCCCCCCCCCCCCCCCCCCCCCCCCCCCC(=O)NC(COC1OC(CO)C(OC2OC(CO)C(O)C(O)C2O)C(O)C1O)C(O)CCCCCCCCC. The van der Waals surface area contributed by atoms with Crippen molar-refractivity contribution in [3.63, 3.8) is 0 Å². The largest absolute Gasteiger partial charge is 0.394 e. The number of aliphatic hydroxyl groups is 8. The van der Waals surface area contributed by atoms with Crippen LogP contribution in [0.5, 0.6) is 0 Å². The topological polar surface area (TPSA) is 228 Å². The lowest BCUT2D eigenvalue weighted by Crippen LogP contribution is -2.65. The van der Waals surface area contributed by atoms with Gasteiger partial charge in [-0.1, -0.05) is 275 Å². The molecule has 0 spiro atoms. The molecule has 14 nitrogen and oxygen atoms in total. The van der Waals surface area contributed by atoms with Crippen molar-refractivity contribution in [2.24, 2.45) is 0 Å². The molecular weight excluding hydrogens is 1040 g/mol. The molecule has 12 unspecified atom stereocenters. The Bertz CT molecular complexity index is 1510. The molecule has 2 aliphatic rings. The Kier molecular flexibility index (Phi) is 49.7. The molecule has 482 valence electrons. The average Bonchev–Trinajstić information content (AvgIpc) is 3.65. The van der Waals surface area contributed by atoms with Crippen LogP contribution in [0.4, 0.5) is 0 Å². The summed E-state index contributed by atoms with van der Waals surface area (Å²) in [5, 5.41) is 86.9. The van der Waals surface area contributed by atoms with Crippen LogP contribution in [-0.2, 0) is 23.7 Å². The zero-order valence-corrected chi connectivity index (χ0v) is 52.2. The number of amides is 1. The molecule has 2 heterocycles. The van der Waals surface area contributed by atoms with Crippen molar-refractivity contribution < 1.29 is 64.6 Å². The summed E-state index contributed by atoms with van der Waals surface area (Å²) in [7, 11) is 0. The monoisotopic (exact) mass is 1170 g/mol. The maximum Gasteiger partial charge on any atom is 0.220 e. The van der Waals surface area contributed by atoms with Gasteiger partial charge in [0.25, 0.3) is 0 Å². The van der Waals surface area contributed by atoms with Crippen LogP contribution in [0.25, 0.3) is 0 Å². The standard InChI is InChI=1S/C68H127NO13/c1-3-5-7-9-11-12-13-14-15-16-17-18-19-20-21-22-23-24-25-26-27-28-29-30-31-32-33-34-35-36-37-38-39-40-41-42-43-44-46-48-50-52-60(73)69-56(57(72)51-49-47-45-10-8-6-4-2)55-79-67-65(78)63(76)66(59(54-71)81-67)82-68-64(77)62(75)61(74)58(53-70)80-68/h13-14,16-17,19-20,56-59,61-68,70-72,74-78H,3-12,15,18,21-55H2,1-2H3,(H,69,73)/b14-13-,17-16-,20-19-. The van der Waals surface area contributed by atoms with Gasteiger partial charge in [-0.15, -0.1) is 0 Å². The predicted molar refractivity (Wildman–Crippen MR) is 332 cm³/mol. The summed E-state index contributed by atoms with van der Waals surface area (Å²) in [6.07, 6.45) is 51.0. The maximum atomic E-state index is 13.2. The van der Waals surface area contributed by atoms with Gasteiger partial charge in [0, 0.05) is 6.42 Å². The average molecular weight is 1170 g/mol. The van der Waals surface area contributed by atoms with Gasteiger partial charge in [0.05, 0.1) is 32.0 Å². The molecule has 0 radical (unpaired) electrons. The van der Waals surface area contributed by atoms with E-state index in [0.717, 1.165) is 64.2 Å². The van der Waals surface area contributed by atoms with Gasteiger partial charge < -0.3 is 65.1 Å². The first-order valence-electron chi connectivity index (χ1n) is 34.2. The Hall–Kier alpha value is -1.79. The fourth-order valence-corrected chi connectivity index (χ4v) is 11.4. The summed E-state index contributed by atoms with van der Waals surface area (Å²) in [4.78, 5) is 13.2. The van der Waals surface area contributed by atoms with E-state index in [-0.39, 0.29) is 12.5 Å². The third kappa shape index (κ3) is 37.7. The molecule has 0 saturated carbocycles. The number of unbranched alkanes of at least 4 members (excludes halogenated alkanes) is 37. The molecule has 0 aromatic rings. The summed E-state index contributed by atoms with van der Waals surface area (Å²) in [6, 6.07) is -0.823. The van der Waals surface area contributed by atoms with Crippen LogP contribution in [-0.4, -0.2) is 140 Å². The molecule has 0 bridgehead atoms. The zero-order valence-electron chi connectivity index (χ0n) is 52.2. The summed E-state index contributed by atoms with van der Waals surface area (Å²) in [5.74, 6) is -0.206. The number of ether oxygens (including phenoxy) is 4. The number of aliphatic hydroxyl groups excluding tert-OH is 8. The summed E-state index contributed by atoms with van der Waals surface area (Å²) < 4.78 is 22.7. The molecular formula is C68H127NO13. The number of rotatable bonds is 56. The van der Waals surface area contributed by atoms with Gasteiger partial charge in [0.2, 0.25) is 5.91 Å². The maximum absolute atomic E-state index is 13.2. The van der Waals surface area contributed by atoms with Crippen LogP contribution in [0, 0.1) is 0 Å². The normalized spacial score (nSPS) is 24.1. The highest BCUT2D eigenvalue weighted by atomic mass is 16.7. The van der Waals surface area contributed by atoms with Crippen molar-refractivity contribution in [3.05, 3.63) is 36.5 Å². The smallest absolute Gasteiger partial charge is 0.220 e. The van der Waals surface area contributed by atoms with Gasteiger partial charge in [-0.05, 0) is 51.4 Å². The second-order valence-electron chi connectivity index (χ2n) is 24.3. The summed E-state index contributed by atoms with van der Waals surface area (Å²) in [6.45, 7) is 2.81. The Morgan fingerprint density at radius 2 is 0.805 bits per heavy atom. The molecule has 0 aliphatic carbocycles. The summed E-state index contributed by atoms with van der Waals surface area (Å²) >= 11 is 0. The van der Waals surface area contributed by atoms with Crippen molar-refractivity contribution in [1.82, 2.24) is 5.32 Å². The van der Waals surface area contributed by atoms with Gasteiger partial charge in [0.1, 0.15) is 48.8 Å². The highest BCUT2D eigenvalue weighted by Gasteiger charge is 2.51. The van der Waals surface area contributed by atoms with E-state index in [1.165, 1.54) is 205 Å². The van der Waals surface area contributed by atoms with E-state index in [4.69, 9.17) is 18.9 Å². The number of allylic oxidation sites excluding steroid dienone is 6. The Morgan fingerprint density at radius 1 is 0.439 bits per heavy atom. The lowest BCUT2D eigenvalue weighted by molar-refractivity contribution is -0.359. The van der Waals surface area contributed by atoms with Crippen LogP contribution in [0.1, 0.15) is 296 Å². The van der Waals surface area contributed by atoms with Crippen molar-refractivity contribution >= 4 is 5.91 Å². The molecule has 2 fully saturated rings. The van der Waals surface area contributed by atoms with Crippen molar-refractivity contribution in [2.45, 2.75) is 370 Å². The molecule has 2 saturated heterocycles. The second kappa shape index (κ2) is 53.4. The van der Waals surface area contributed by atoms with E-state index in [2.05, 4.69) is 55.6 Å². The molecule has 2 aliphatic heterocycles. The number of hydrogen-bond acceptors (Lipinski definition) is 13. The first-order chi connectivity index (χ1) is 40.1. The van der Waals surface area contributed by atoms with Gasteiger partial charge >= 0.3 is 0 Å². The quantitative estimate of drug-likeness (QED) is 0.0204. The minimum absolute atomic E-state index is 0.206. The Labute approximate surface area is 500 Å². The molecule has 12 atom stereocenters. The van der Waals surface area contributed by atoms with Crippen LogP contribution < -0.4 is 5.32 Å². The van der Waals surface area contributed by atoms with Crippen LogP contribution in [0.3, 0.4) is 0 Å². The summed E-state index contributed by atoms with van der Waals surface area (Å²) in [5.41, 5.74) is 0. The lowest BCUT2D eigenvalue weighted by atomic mass is 9.97. The zero-order chi connectivity index (χ0) is 59.5. The molecule has 82 heavy (non-hydrogen) atoms. The van der Waals surface area contributed by atoms with Crippen LogP contribution in [0.15, 0.2) is 36.5 Å². The lowest BCUT2D eigenvalue weighted by Gasteiger charge is -2.46. The molecule has 0 aromatic carbocycles. The van der Waals surface area contributed by atoms with E-state index in [0.29, 0.717) is 12.8 Å². The molecule has 0 aromatic heterocycles. The van der Waals surface area contributed by atoms with Crippen LogP contribution in [0.2, 0.25) is 0 Å². The predicted octanol–water partition coefficient (Wildman–Crippen LogP) is 13.3. The Morgan fingerprint density at radius 3 is 1.23 bits per heavy atom. The van der Waals surface area contributed by atoms with Gasteiger partial charge in [0.15, 0.2) is 12.6 Å². The van der Waals surface area contributed by atoms with Gasteiger partial charge in [-0.2, -0.15) is 0 Å². The van der Waals surface area contributed by atoms with Gasteiger partial charge in [-0.25, -0.2) is 0 Å². The number of hydrogen-bond donors (Lipinski definition) is 9. The minimum atomic E-state index is -1.78. The highest BCUT2D eigenvalue weighted by Crippen LogP contribution is 2.30. The third-order valence-corrected chi connectivity index (χ3v) is 16.9. The van der Waals surface area contributed by atoms with E-state index >= 15 is 0 Å². The second-order valence-corrected chi connectivity index (χ2v) is 24.3. The van der Waals surface area contributed by atoms with Crippen LogP contribution >= 0.6 is 0 Å². The number of carbonyl (C=O) groups excluding carboxylic acids is 1. The third-order valence-electron chi connectivity index (χ3n) is 16.9. The minimum Gasteiger partial charge on any atom is -0.394 e.